The molecule has 0 aliphatic heterocycles. The molecule has 106 valence electrons. The molecule has 0 saturated carbocycles. The number of anilines is 1. The fourth-order valence-corrected chi connectivity index (χ4v) is 3.26. The number of nitrogens with zero attached hydrogens (tertiary/aromatic N) is 1. The summed E-state index contributed by atoms with van der Waals surface area (Å²) in [7, 11) is 0. The Labute approximate surface area is 128 Å². The van der Waals surface area contributed by atoms with Gasteiger partial charge in [0, 0.05) is 11.9 Å². The van der Waals surface area contributed by atoms with Crippen LogP contribution in [0.2, 0.25) is 0 Å². The molecule has 0 fully saturated rings. The number of likely N-dealkylation sites (N-methyl/N-ethyl adjacent to an activating group) is 1. The van der Waals surface area contributed by atoms with E-state index < -0.39 is 0 Å². The van der Waals surface area contributed by atoms with Gasteiger partial charge in [0.1, 0.15) is 0 Å². The SMILES string of the molecule is CCN(C(=O)Cc1ccsc1)c1cccc2ccccc12. The average molecular weight is 295 g/mol. The Morgan fingerprint density at radius 1 is 1.10 bits per heavy atom. The number of benzene rings is 2. The van der Waals surface area contributed by atoms with E-state index in [0.29, 0.717) is 13.0 Å². The number of amides is 1. The zero-order valence-electron chi connectivity index (χ0n) is 12.0. The fraction of sp³-hybridized carbons (Fsp3) is 0.167. The van der Waals surface area contributed by atoms with E-state index in [1.807, 2.05) is 52.9 Å². The number of hydrogen-bond donors (Lipinski definition) is 0. The zero-order valence-corrected chi connectivity index (χ0v) is 12.8. The maximum Gasteiger partial charge on any atom is 0.231 e. The summed E-state index contributed by atoms with van der Waals surface area (Å²) in [5.41, 5.74) is 2.08. The Morgan fingerprint density at radius 3 is 2.67 bits per heavy atom. The molecule has 0 unspecified atom stereocenters. The van der Waals surface area contributed by atoms with Gasteiger partial charge in [0.05, 0.1) is 12.1 Å². The van der Waals surface area contributed by atoms with Gasteiger partial charge < -0.3 is 4.90 Å². The van der Waals surface area contributed by atoms with Gasteiger partial charge in [0.25, 0.3) is 0 Å². The summed E-state index contributed by atoms with van der Waals surface area (Å²) in [6.45, 7) is 2.70. The van der Waals surface area contributed by atoms with Gasteiger partial charge in [-0.15, -0.1) is 0 Å². The molecule has 1 aromatic heterocycles. The van der Waals surface area contributed by atoms with Crippen LogP contribution in [0, 0.1) is 0 Å². The van der Waals surface area contributed by atoms with E-state index in [-0.39, 0.29) is 5.91 Å². The van der Waals surface area contributed by atoms with Crippen LogP contribution in [0.25, 0.3) is 10.8 Å². The van der Waals surface area contributed by atoms with Gasteiger partial charge in [0.15, 0.2) is 0 Å². The van der Waals surface area contributed by atoms with Crippen molar-refractivity contribution in [3.05, 3.63) is 64.9 Å². The third kappa shape index (κ3) is 2.83. The van der Waals surface area contributed by atoms with Gasteiger partial charge in [0.2, 0.25) is 5.91 Å². The van der Waals surface area contributed by atoms with Crippen LogP contribution >= 0.6 is 11.3 Å². The molecule has 3 rings (SSSR count). The zero-order chi connectivity index (χ0) is 14.7. The summed E-state index contributed by atoms with van der Waals surface area (Å²) in [5.74, 6) is 0.146. The quantitative estimate of drug-likeness (QED) is 0.694. The molecule has 0 aliphatic rings. The van der Waals surface area contributed by atoms with Gasteiger partial charge in [-0.1, -0.05) is 36.4 Å². The second kappa shape index (κ2) is 6.10. The minimum Gasteiger partial charge on any atom is -0.312 e. The van der Waals surface area contributed by atoms with E-state index in [4.69, 9.17) is 0 Å². The molecule has 0 bridgehead atoms. The fourth-order valence-electron chi connectivity index (χ4n) is 2.59. The maximum atomic E-state index is 12.6. The highest BCUT2D eigenvalue weighted by Gasteiger charge is 2.16. The minimum absolute atomic E-state index is 0.146. The Balaban J connectivity index is 1.96. The normalized spacial score (nSPS) is 10.7. The molecule has 0 saturated heterocycles. The first-order chi connectivity index (χ1) is 10.3. The summed E-state index contributed by atoms with van der Waals surface area (Å²) in [6, 6.07) is 16.3. The molecule has 2 aromatic carbocycles. The van der Waals surface area contributed by atoms with E-state index in [1.54, 1.807) is 11.3 Å². The predicted molar refractivity (Wildman–Crippen MR) is 90.0 cm³/mol. The lowest BCUT2D eigenvalue weighted by atomic mass is 10.1. The van der Waals surface area contributed by atoms with Crippen molar-refractivity contribution in [3.8, 4) is 0 Å². The van der Waals surface area contributed by atoms with E-state index >= 15 is 0 Å². The van der Waals surface area contributed by atoms with Crippen LogP contribution in [-0.4, -0.2) is 12.5 Å². The largest absolute Gasteiger partial charge is 0.312 e. The van der Waals surface area contributed by atoms with Crippen LogP contribution in [0.3, 0.4) is 0 Å². The summed E-state index contributed by atoms with van der Waals surface area (Å²) in [5, 5.41) is 6.34. The molecule has 21 heavy (non-hydrogen) atoms. The topological polar surface area (TPSA) is 20.3 Å². The number of fused-ring (bicyclic) bond motifs is 1. The van der Waals surface area contributed by atoms with E-state index in [9.17, 15) is 4.79 Å². The monoisotopic (exact) mass is 295 g/mol. The van der Waals surface area contributed by atoms with Crippen molar-refractivity contribution in [2.45, 2.75) is 13.3 Å². The smallest absolute Gasteiger partial charge is 0.231 e. The van der Waals surface area contributed by atoms with Crippen molar-refractivity contribution >= 4 is 33.7 Å². The highest BCUT2D eigenvalue weighted by atomic mass is 32.1. The number of rotatable bonds is 4. The van der Waals surface area contributed by atoms with Crippen LogP contribution in [0.5, 0.6) is 0 Å². The van der Waals surface area contributed by atoms with Crippen molar-refractivity contribution in [2.24, 2.45) is 0 Å². The lowest BCUT2D eigenvalue weighted by molar-refractivity contribution is -0.117. The summed E-state index contributed by atoms with van der Waals surface area (Å²) in [4.78, 5) is 14.5. The first-order valence-corrected chi connectivity index (χ1v) is 8.03. The number of carbonyl (C=O) groups excluding carboxylic acids is 1. The van der Waals surface area contributed by atoms with Crippen LogP contribution in [0.15, 0.2) is 59.3 Å². The molecule has 3 heteroatoms. The molecular weight excluding hydrogens is 278 g/mol. The van der Waals surface area contributed by atoms with Crippen molar-refractivity contribution in [2.75, 3.05) is 11.4 Å². The predicted octanol–water partition coefficient (Wildman–Crippen LogP) is 4.50. The van der Waals surface area contributed by atoms with Crippen molar-refractivity contribution in [1.82, 2.24) is 0 Å². The number of thiophene rings is 1. The van der Waals surface area contributed by atoms with Crippen LogP contribution in [-0.2, 0) is 11.2 Å². The molecule has 1 amide bonds. The summed E-state index contributed by atoms with van der Waals surface area (Å²) < 4.78 is 0. The summed E-state index contributed by atoms with van der Waals surface area (Å²) in [6.07, 6.45) is 0.459. The third-order valence-corrected chi connectivity index (χ3v) is 4.34. The van der Waals surface area contributed by atoms with E-state index in [0.717, 1.165) is 22.0 Å². The van der Waals surface area contributed by atoms with Crippen molar-refractivity contribution < 1.29 is 4.79 Å². The van der Waals surface area contributed by atoms with Crippen LogP contribution in [0.4, 0.5) is 5.69 Å². The lowest BCUT2D eigenvalue weighted by Crippen LogP contribution is -2.32. The Hall–Kier alpha value is -2.13. The van der Waals surface area contributed by atoms with Gasteiger partial charge in [-0.2, -0.15) is 11.3 Å². The molecule has 2 nitrogen and oxygen atoms in total. The molecule has 0 radical (unpaired) electrons. The number of carbonyl (C=O) groups is 1. The molecule has 0 aliphatic carbocycles. The third-order valence-electron chi connectivity index (χ3n) is 3.61. The van der Waals surface area contributed by atoms with E-state index in [1.165, 1.54) is 0 Å². The Bertz CT molecular complexity index is 744. The number of hydrogen-bond acceptors (Lipinski definition) is 2. The molecule has 3 aromatic rings. The van der Waals surface area contributed by atoms with Gasteiger partial charge in [-0.05, 0) is 40.8 Å². The van der Waals surface area contributed by atoms with Crippen LogP contribution < -0.4 is 4.90 Å². The molecule has 0 atom stereocenters. The Morgan fingerprint density at radius 2 is 1.90 bits per heavy atom. The van der Waals surface area contributed by atoms with Crippen molar-refractivity contribution in [1.29, 1.82) is 0 Å². The molecular formula is C18H17NOS. The second-order valence-electron chi connectivity index (χ2n) is 4.94. The minimum atomic E-state index is 0.146. The van der Waals surface area contributed by atoms with Gasteiger partial charge in [-0.3, -0.25) is 4.79 Å². The standard InChI is InChI=1S/C18H17NOS/c1-2-19(18(20)12-14-10-11-21-13-14)17-9-5-7-15-6-3-4-8-16(15)17/h3-11,13H,2,12H2,1H3. The van der Waals surface area contributed by atoms with Crippen LogP contribution in [0.1, 0.15) is 12.5 Å². The van der Waals surface area contributed by atoms with E-state index in [2.05, 4.69) is 18.2 Å². The molecule has 0 spiro atoms. The highest BCUT2D eigenvalue weighted by Crippen LogP contribution is 2.27. The molecule has 1 heterocycles. The van der Waals surface area contributed by atoms with Gasteiger partial charge in [-0.25, -0.2) is 0 Å². The lowest BCUT2D eigenvalue weighted by Gasteiger charge is -2.22. The summed E-state index contributed by atoms with van der Waals surface area (Å²) >= 11 is 1.63. The average Bonchev–Trinajstić information content (AvgIpc) is 3.01. The second-order valence-corrected chi connectivity index (χ2v) is 5.72. The first kappa shape index (κ1) is 13.8. The highest BCUT2D eigenvalue weighted by molar-refractivity contribution is 7.08. The maximum absolute atomic E-state index is 12.6. The first-order valence-electron chi connectivity index (χ1n) is 7.09. The Kier molecular flexibility index (Phi) is 4.02. The van der Waals surface area contributed by atoms with Crippen molar-refractivity contribution in [3.63, 3.8) is 0 Å². The molecule has 0 N–H and O–H groups in total. The van der Waals surface area contributed by atoms with Gasteiger partial charge >= 0.3 is 0 Å².